The number of rotatable bonds is 5. The van der Waals surface area contributed by atoms with Crippen LogP contribution in [0.5, 0.6) is 0 Å². The van der Waals surface area contributed by atoms with E-state index in [0.717, 1.165) is 55.8 Å². The van der Waals surface area contributed by atoms with E-state index in [2.05, 4.69) is 22.2 Å². The summed E-state index contributed by atoms with van der Waals surface area (Å²) in [5.74, 6) is 0.838. The largest absolute Gasteiger partial charge is 0.322 e. The summed E-state index contributed by atoms with van der Waals surface area (Å²) in [6.45, 7) is 6.41. The molecule has 0 bridgehead atoms. The Morgan fingerprint density at radius 2 is 1.74 bits per heavy atom. The Labute approximate surface area is 169 Å². The van der Waals surface area contributed by atoms with Crippen LogP contribution in [-0.4, -0.2) is 40.9 Å². The molecule has 1 saturated heterocycles. The van der Waals surface area contributed by atoms with Crippen molar-refractivity contribution < 1.29 is 9.80 Å². The van der Waals surface area contributed by atoms with Crippen LogP contribution in [0.4, 0.5) is 0 Å². The quantitative estimate of drug-likeness (QED) is 0.562. The molecule has 140 valence electrons. The van der Waals surface area contributed by atoms with Gasteiger partial charge in [0, 0.05) is 16.1 Å². The second-order valence-corrected chi connectivity index (χ2v) is 7.92. The predicted molar refractivity (Wildman–Crippen MR) is 109 cm³/mol. The molecule has 2 heterocycles. The van der Waals surface area contributed by atoms with Crippen LogP contribution in [0, 0.1) is 4.77 Å². The molecule has 1 aliphatic rings. The first-order valence-corrected chi connectivity index (χ1v) is 10.1. The zero-order chi connectivity index (χ0) is 18.6. The van der Waals surface area contributed by atoms with Gasteiger partial charge in [-0.15, -0.1) is 0 Å². The normalized spacial score (nSPS) is 19.9. The first-order valence-electron chi connectivity index (χ1n) is 9.31. The van der Waals surface area contributed by atoms with Crippen LogP contribution in [0.25, 0.3) is 11.4 Å². The van der Waals surface area contributed by atoms with Gasteiger partial charge in [-0.2, -0.15) is 4.98 Å². The summed E-state index contributed by atoms with van der Waals surface area (Å²) in [4.78, 5) is 7.66. The second-order valence-electron chi connectivity index (χ2n) is 7.11. The summed E-state index contributed by atoms with van der Waals surface area (Å²) in [6, 6.07) is 18.3. The molecule has 3 N–H and O–H groups in total. The van der Waals surface area contributed by atoms with Gasteiger partial charge in [0.2, 0.25) is 4.77 Å². The molecule has 1 aliphatic heterocycles. The monoisotopic (exact) mass is 401 g/mol. The number of benzene rings is 2. The topological polar surface area (TPSA) is 42.5 Å². The Morgan fingerprint density at radius 1 is 1.00 bits per heavy atom. The second kappa shape index (κ2) is 8.35. The maximum atomic E-state index is 6.10. The van der Waals surface area contributed by atoms with Crippen molar-refractivity contribution in [2.75, 3.05) is 26.2 Å². The average Bonchev–Trinajstić information content (AvgIpc) is 3.05. The number of nitrogens with one attached hydrogen (secondary N) is 3. The predicted octanol–water partition coefficient (Wildman–Crippen LogP) is 1.20. The van der Waals surface area contributed by atoms with Gasteiger partial charge in [0.05, 0.1) is 0 Å². The minimum Gasteiger partial charge on any atom is -0.322 e. The highest BCUT2D eigenvalue weighted by Gasteiger charge is 2.23. The van der Waals surface area contributed by atoms with Gasteiger partial charge in [-0.25, -0.2) is 4.68 Å². The summed E-state index contributed by atoms with van der Waals surface area (Å²) in [6.07, 6.45) is 0. The van der Waals surface area contributed by atoms with Crippen molar-refractivity contribution in [1.82, 2.24) is 14.8 Å². The Balaban J connectivity index is 1.34. The van der Waals surface area contributed by atoms with Gasteiger partial charge in [-0.1, -0.05) is 54.1 Å². The number of nitrogens with zero attached hydrogens (tertiary/aromatic N) is 2. The van der Waals surface area contributed by atoms with Crippen molar-refractivity contribution >= 4 is 23.8 Å². The summed E-state index contributed by atoms with van der Waals surface area (Å²) in [5.41, 5.74) is 2.37. The van der Waals surface area contributed by atoms with Crippen LogP contribution >= 0.6 is 23.8 Å². The van der Waals surface area contributed by atoms with E-state index in [9.17, 15) is 0 Å². The van der Waals surface area contributed by atoms with Crippen molar-refractivity contribution in [3.8, 4) is 11.4 Å². The molecule has 27 heavy (non-hydrogen) atoms. The molecule has 0 aliphatic carbocycles. The van der Waals surface area contributed by atoms with Crippen molar-refractivity contribution in [3.05, 3.63) is 70.0 Å². The Kier molecular flexibility index (Phi) is 5.69. The lowest BCUT2D eigenvalue weighted by atomic mass is 10.2. The number of aromatic amines is 1. The molecular formula is C20H24ClN5S+2. The first kappa shape index (κ1) is 18.4. The fourth-order valence-electron chi connectivity index (χ4n) is 3.64. The zero-order valence-electron chi connectivity index (χ0n) is 15.1. The number of hydrogen-bond donors (Lipinski definition) is 3. The lowest BCUT2D eigenvalue weighted by molar-refractivity contribution is -1.03. The maximum Gasteiger partial charge on any atom is 0.221 e. The Morgan fingerprint density at radius 3 is 2.48 bits per heavy atom. The van der Waals surface area contributed by atoms with E-state index in [0.29, 0.717) is 4.77 Å². The van der Waals surface area contributed by atoms with Crippen LogP contribution in [0.3, 0.4) is 0 Å². The number of quaternary nitrogens is 2. The molecule has 1 fully saturated rings. The Hall–Kier alpha value is -1.99. The van der Waals surface area contributed by atoms with Gasteiger partial charge < -0.3 is 9.80 Å². The first-order chi connectivity index (χ1) is 13.2. The highest BCUT2D eigenvalue weighted by molar-refractivity contribution is 7.71. The highest BCUT2D eigenvalue weighted by Crippen LogP contribution is 2.13. The third-order valence-electron chi connectivity index (χ3n) is 5.12. The van der Waals surface area contributed by atoms with E-state index in [1.165, 1.54) is 10.5 Å². The molecule has 1 aromatic heterocycles. The third kappa shape index (κ3) is 4.65. The molecule has 0 saturated carbocycles. The number of aromatic nitrogens is 3. The molecule has 0 radical (unpaired) electrons. The minimum atomic E-state index is 0.620. The van der Waals surface area contributed by atoms with Crippen LogP contribution in [0.1, 0.15) is 5.56 Å². The van der Waals surface area contributed by atoms with Gasteiger partial charge in [-0.05, 0) is 24.4 Å². The van der Waals surface area contributed by atoms with Crippen LogP contribution in [-0.2, 0) is 13.2 Å². The lowest BCUT2D eigenvalue weighted by Gasteiger charge is -2.29. The molecule has 7 heteroatoms. The molecule has 3 aromatic rings. The number of hydrogen-bond acceptors (Lipinski definition) is 2. The van der Waals surface area contributed by atoms with Gasteiger partial charge in [0.1, 0.15) is 32.7 Å². The van der Waals surface area contributed by atoms with Crippen molar-refractivity contribution in [2.24, 2.45) is 0 Å². The Bertz CT molecular complexity index is 944. The summed E-state index contributed by atoms with van der Waals surface area (Å²) < 4.78 is 2.62. The lowest BCUT2D eigenvalue weighted by Crippen LogP contribution is -3.27. The van der Waals surface area contributed by atoms with Gasteiger partial charge >= 0.3 is 0 Å². The standard InChI is InChI=1S/C20H22ClN5S/c21-18-8-4-5-16(13-18)14-24-9-11-25(12-10-24)15-26-20(27)22-19(23-26)17-6-2-1-3-7-17/h1-8,13H,9-12,14-15H2,(H,22,23,27)/p+2. The number of halogens is 1. The zero-order valence-corrected chi connectivity index (χ0v) is 16.7. The minimum absolute atomic E-state index is 0.620. The highest BCUT2D eigenvalue weighted by atomic mass is 35.5. The van der Waals surface area contributed by atoms with Gasteiger partial charge in [0.25, 0.3) is 0 Å². The fraction of sp³-hybridized carbons (Fsp3) is 0.300. The van der Waals surface area contributed by atoms with E-state index in [1.807, 2.05) is 47.1 Å². The van der Waals surface area contributed by atoms with Crippen LogP contribution in [0.15, 0.2) is 54.6 Å². The van der Waals surface area contributed by atoms with Crippen LogP contribution < -0.4 is 9.80 Å². The molecule has 0 unspecified atom stereocenters. The van der Waals surface area contributed by atoms with E-state index < -0.39 is 0 Å². The fourth-order valence-corrected chi connectivity index (χ4v) is 4.05. The van der Waals surface area contributed by atoms with Gasteiger partial charge in [0.15, 0.2) is 12.5 Å². The summed E-state index contributed by atoms with van der Waals surface area (Å²) in [7, 11) is 0. The van der Waals surface area contributed by atoms with Crippen LogP contribution in [0.2, 0.25) is 5.02 Å². The summed E-state index contributed by atoms with van der Waals surface area (Å²) >= 11 is 11.6. The maximum absolute atomic E-state index is 6.10. The van der Waals surface area contributed by atoms with E-state index in [-0.39, 0.29) is 0 Å². The van der Waals surface area contributed by atoms with Crippen molar-refractivity contribution in [2.45, 2.75) is 13.2 Å². The van der Waals surface area contributed by atoms with Crippen molar-refractivity contribution in [1.29, 1.82) is 0 Å². The number of H-pyrrole nitrogens is 1. The molecule has 5 nitrogen and oxygen atoms in total. The molecular weight excluding hydrogens is 378 g/mol. The SMILES string of the molecule is S=c1nc(-c2ccccc2)[nH]n1C[NH+]1CC[NH+](Cc2cccc(Cl)c2)CC1. The van der Waals surface area contributed by atoms with Crippen molar-refractivity contribution in [3.63, 3.8) is 0 Å². The number of piperazine rings is 1. The summed E-state index contributed by atoms with van der Waals surface area (Å²) in [5, 5.41) is 4.18. The smallest absolute Gasteiger partial charge is 0.221 e. The third-order valence-corrected chi connectivity index (χ3v) is 5.66. The molecule has 0 spiro atoms. The van der Waals surface area contributed by atoms with Gasteiger partial charge in [-0.3, -0.25) is 5.10 Å². The average molecular weight is 402 g/mol. The van der Waals surface area contributed by atoms with E-state index in [4.69, 9.17) is 23.8 Å². The van der Waals surface area contributed by atoms with E-state index >= 15 is 0 Å². The molecule has 0 atom stereocenters. The molecule has 2 aromatic carbocycles. The van der Waals surface area contributed by atoms with E-state index in [1.54, 1.807) is 4.90 Å². The molecule has 0 amide bonds. The molecule has 4 rings (SSSR count).